The lowest BCUT2D eigenvalue weighted by atomic mass is 9.70. The molecule has 3 nitrogen and oxygen atoms in total. The van der Waals surface area contributed by atoms with Gasteiger partial charge in [0.25, 0.3) is 0 Å². The van der Waals surface area contributed by atoms with Crippen LogP contribution in [-0.2, 0) is 0 Å². The zero-order chi connectivity index (χ0) is 14.0. The molecule has 1 fully saturated rings. The van der Waals surface area contributed by atoms with E-state index in [0.717, 1.165) is 25.7 Å². The third-order valence-electron chi connectivity index (χ3n) is 4.45. The predicted molar refractivity (Wildman–Crippen MR) is 73.5 cm³/mol. The summed E-state index contributed by atoms with van der Waals surface area (Å²) in [7, 11) is 0. The molecular formula is C16H20O3. The van der Waals surface area contributed by atoms with Crippen LogP contribution in [0.25, 0.3) is 0 Å². The number of Topliss-reactive ketones (excluding diaryl/α,β-unsaturated/α-hetero) is 1. The van der Waals surface area contributed by atoms with Crippen molar-refractivity contribution >= 4 is 11.8 Å². The molecule has 0 radical (unpaired) electrons. The van der Waals surface area contributed by atoms with E-state index in [9.17, 15) is 9.59 Å². The molecule has 19 heavy (non-hydrogen) atoms. The van der Waals surface area contributed by atoms with Crippen LogP contribution in [0.1, 0.15) is 60.2 Å². The summed E-state index contributed by atoms with van der Waals surface area (Å²) in [5.41, 5.74) is 0.618. The van der Waals surface area contributed by atoms with Gasteiger partial charge in [0.05, 0.1) is 5.56 Å². The largest absolute Gasteiger partial charge is 0.478 e. The monoisotopic (exact) mass is 260 g/mol. The molecule has 0 aromatic heterocycles. The minimum absolute atomic E-state index is 0.178. The van der Waals surface area contributed by atoms with Gasteiger partial charge in [0.2, 0.25) is 0 Å². The van der Waals surface area contributed by atoms with E-state index in [2.05, 4.69) is 13.8 Å². The number of hydrogen-bond acceptors (Lipinski definition) is 2. The Hall–Kier alpha value is -1.64. The summed E-state index contributed by atoms with van der Waals surface area (Å²) in [6.45, 7) is 4.21. The Balaban J connectivity index is 2.30. The van der Waals surface area contributed by atoms with Gasteiger partial charge in [-0.2, -0.15) is 0 Å². The van der Waals surface area contributed by atoms with Crippen LogP contribution >= 0.6 is 0 Å². The van der Waals surface area contributed by atoms with E-state index in [0.29, 0.717) is 11.5 Å². The summed E-state index contributed by atoms with van der Waals surface area (Å²) in [5.74, 6) is -0.461. The van der Waals surface area contributed by atoms with Crippen molar-refractivity contribution in [1.82, 2.24) is 0 Å². The minimum atomic E-state index is -0.960. The van der Waals surface area contributed by atoms with Crippen LogP contribution in [-0.4, -0.2) is 16.9 Å². The summed E-state index contributed by atoms with van der Waals surface area (Å²) < 4.78 is 0. The SMILES string of the molecule is CC(C)C1(C(=O)c2ccc(C(=O)O)cc2)CCCC1. The van der Waals surface area contributed by atoms with Gasteiger partial charge in [-0.25, -0.2) is 4.79 Å². The van der Waals surface area contributed by atoms with Gasteiger partial charge in [-0.15, -0.1) is 0 Å². The smallest absolute Gasteiger partial charge is 0.335 e. The fourth-order valence-corrected chi connectivity index (χ4v) is 3.12. The molecule has 2 rings (SSSR count). The van der Waals surface area contributed by atoms with Crippen LogP contribution in [0.2, 0.25) is 0 Å². The third kappa shape index (κ3) is 2.42. The Labute approximate surface area is 113 Å². The fraction of sp³-hybridized carbons (Fsp3) is 0.500. The van der Waals surface area contributed by atoms with E-state index in [4.69, 9.17) is 5.11 Å². The van der Waals surface area contributed by atoms with Crippen LogP contribution in [0.4, 0.5) is 0 Å². The average molecular weight is 260 g/mol. The van der Waals surface area contributed by atoms with Crippen molar-refractivity contribution in [3.05, 3.63) is 35.4 Å². The first-order chi connectivity index (χ1) is 8.97. The fourth-order valence-electron chi connectivity index (χ4n) is 3.12. The van der Waals surface area contributed by atoms with Crippen LogP contribution < -0.4 is 0 Å². The zero-order valence-corrected chi connectivity index (χ0v) is 11.5. The molecule has 1 saturated carbocycles. The van der Waals surface area contributed by atoms with E-state index in [1.807, 2.05) is 0 Å². The molecule has 1 aromatic rings. The number of rotatable bonds is 4. The van der Waals surface area contributed by atoms with Crippen LogP contribution in [0.15, 0.2) is 24.3 Å². The van der Waals surface area contributed by atoms with Gasteiger partial charge in [-0.05, 0) is 30.9 Å². The number of aromatic carboxylic acids is 1. The number of hydrogen-bond donors (Lipinski definition) is 1. The molecule has 0 bridgehead atoms. The van der Waals surface area contributed by atoms with E-state index in [1.165, 1.54) is 12.1 Å². The van der Waals surface area contributed by atoms with Crippen LogP contribution in [0, 0.1) is 11.3 Å². The molecular weight excluding hydrogens is 240 g/mol. The summed E-state index contributed by atoms with van der Waals surface area (Å²) in [4.78, 5) is 23.6. The average Bonchev–Trinajstić information content (AvgIpc) is 2.88. The number of carbonyl (C=O) groups is 2. The van der Waals surface area contributed by atoms with Gasteiger partial charge in [0, 0.05) is 11.0 Å². The molecule has 1 aromatic carbocycles. The number of benzene rings is 1. The van der Waals surface area contributed by atoms with Crippen molar-refractivity contribution in [2.45, 2.75) is 39.5 Å². The molecule has 0 atom stereocenters. The van der Waals surface area contributed by atoms with E-state index < -0.39 is 5.97 Å². The Morgan fingerprint density at radius 3 is 1.95 bits per heavy atom. The Bertz CT molecular complexity index is 479. The maximum Gasteiger partial charge on any atom is 0.335 e. The van der Waals surface area contributed by atoms with Crippen LogP contribution in [0.3, 0.4) is 0 Å². The minimum Gasteiger partial charge on any atom is -0.478 e. The van der Waals surface area contributed by atoms with Crippen molar-refractivity contribution in [2.24, 2.45) is 11.3 Å². The molecule has 1 aliphatic carbocycles. The molecule has 0 unspecified atom stereocenters. The van der Waals surface area contributed by atoms with Gasteiger partial charge in [-0.3, -0.25) is 4.79 Å². The Morgan fingerprint density at radius 2 is 1.53 bits per heavy atom. The Kier molecular flexibility index (Phi) is 3.74. The van der Waals surface area contributed by atoms with Gasteiger partial charge < -0.3 is 5.11 Å². The predicted octanol–water partition coefficient (Wildman–Crippen LogP) is 3.78. The standard InChI is InChI=1S/C16H20O3/c1-11(2)16(9-3-4-10-16)14(17)12-5-7-13(8-6-12)15(18)19/h5-8,11H,3-4,9-10H2,1-2H3,(H,18,19). The molecule has 0 saturated heterocycles. The van der Waals surface area contributed by atoms with E-state index in [-0.39, 0.29) is 16.8 Å². The second-order valence-corrected chi connectivity index (χ2v) is 5.73. The second-order valence-electron chi connectivity index (χ2n) is 5.73. The lowest BCUT2D eigenvalue weighted by molar-refractivity contribution is 0.0689. The molecule has 3 heteroatoms. The first-order valence-corrected chi connectivity index (χ1v) is 6.85. The van der Waals surface area contributed by atoms with Crippen molar-refractivity contribution in [1.29, 1.82) is 0 Å². The van der Waals surface area contributed by atoms with Gasteiger partial charge in [0.1, 0.15) is 0 Å². The van der Waals surface area contributed by atoms with Crippen molar-refractivity contribution in [2.75, 3.05) is 0 Å². The molecule has 0 spiro atoms. The lowest BCUT2D eigenvalue weighted by Gasteiger charge is -2.31. The molecule has 1 aliphatic rings. The van der Waals surface area contributed by atoms with Crippen molar-refractivity contribution < 1.29 is 14.7 Å². The zero-order valence-electron chi connectivity index (χ0n) is 11.5. The summed E-state index contributed by atoms with van der Waals surface area (Å²) in [6.07, 6.45) is 4.11. The quantitative estimate of drug-likeness (QED) is 0.838. The first-order valence-electron chi connectivity index (χ1n) is 6.85. The number of carbonyl (C=O) groups excluding carboxylic acids is 1. The highest BCUT2D eigenvalue weighted by atomic mass is 16.4. The molecule has 1 N–H and O–H groups in total. The molecule has 0 amide bonds. The Morgan fingerprint density at radius 1 is 1.05 bits per heavy atom. The van der Waals surface area contributed by atoms with Gasteiger partial charge >= 0.3 is 5.97 Å². The highest BCUT2D eigenvalue weighted by molar-refractivity contribution is 6.01. The molecule has 102 valence electrons. The first kappa shape index (κ1) is 13.8. The van der Waals surface area contributed by atoms with Crippen LogP contribution in [0.5, 0.6) is 0 Å². The third-order valence-corrected chi connectivity index (χ3v) is 4.45. The van der Waals surface area contributed by atoms with E-state index >= 15 is 0 Å². The summed E-state index contributed by atoms with van der Waals surface area (Å²) in [5, 5.41) is 8.88. The highest BCUT2D eigenvalue weighted by Crippen LogP contribution is 2.46. The van der Waals surface area contributed by atoms with Gasteiger partial charge in [0.15, 0.2) is 5.78 Å². The number of carboxylic acid groups (broad SMARTS) is 1. The van der Waals surface area contributed by atoms with Gasteiger partial charge in [-0.1, -0.05) is 38.8 Å². The second kappa shape index (κ2) is 5.16. The topological polar surface area (TPSA) is 54.4 Å². The van der Waals surface area contributed by atoms with E-state index in [1.54, 1.807) is 12.1 Å². The van der Waals surface area contributed by atoms with Crippen molar-refractivity contribution in [3.8, 4) is 0 Å². The summed E-state index contributed by atoms with van der Waals surface area (Å²) in [6, 6.07) is 6.32. The molecule has 0 heterocycles. The number of carboxylic acids is 1. The maximum atomic E-state index is 12.7. The molecule has 0 aliphatic heterocycles. The maximum absolute atomic E-state index is 12.7. The lowest BCUT2D eigenvalue weighted by Crippen LogP contribution is -2.33. The normalized spacial score (nSPS) is 17.6. The summed E-state index contributed by atoms with van der Waals surface area (Å²) >= 11 is 0. The van der Waals surface area contributed by atoms with Crippen molar-refractivity contribution in [3.63, 3.8) is 0 Å². The number of ketones is 1. The highest BCUT2D eigenvalue weighted by Gasteiger charge is 2.43.